The summed E-state index contributed by atoms with van der Waals surface area (Å²) >= 11 is 0.923. The first kappa shape index (κ1) is 16.7. The van der Waals surface area contributed by atoms with E-state index in [0.29, 0.717) is 6.10 Å². The molecular weight excluding hydrogens is 307 g/mol. The van der Waals surface area contributed by atoms with Crippen molar-refractivity contribution in [2.45, 2.75) is 71.3 Å². The molecule has 2 nitrogen and oxygen atoms in total. The van der Waals surface area contributed by atoms with E-state index >= 15 is 0 Å². The van der Waals surface area contributed by atoms with Crippen LogP contribution in [0.4, 0.5) is 0 Å². The Labute approximate surface area is 115 Å². The minimum atomic E-state index is 0.510. The Kier molecular flexibility index (Phi) is 14.4. The predicted octanol–water partition coefficient (Wildman–Crippen LogP) is 3.36. The van der Waals surface area contributed by atoms with Crippen molar-refractivity contribution < 1.29 is 7.81 Å². The first-order valence-corrected chi connectivity index (χ1v) is 8.12. The molecule has 0 bridgehead atoms. The van der Waals surface area contributed by atoms with Gasteiger partial charge in [0, 0.05) is 0 Å². The van der Waals surface area contributed by atoms with Gasteiger partial charge in [-0.25, -0.2) is 0 Å². The van der Waals surface area contributed by atoms with Crippen LogP contribution >= 0.6 is 0 Å². The molecule has 16 heavy (non-hydrogen) atoms. The average molecular weight is 335 g/mol. The summed E-state index contributed by atoms with van der Waals surface area (Å²) in [5, 5.41) is 0. The Bertz CT molecular complexity index is 123. The van der Waals surface area contributed by atoms with Gasteiger partial charge in [-0.3, -0.25) is 0 Å². The van der Waals surface area contributed by atoms with Crippen LogP contribution in [0.1, 0.15) is 65.2 Å². The van der Waals surface area contributed by atoms with Gasteiger partial charge < -0.3 is 0 Å². The van der Waals surface area contributed by atoms with Gasteiger partial charge in [-0.1, -0.05) is 0 Å². The van der Waals surface area contributed by atoms with Crippen LogP contribution in [0.3, 0.4) is 0 Å². The minimum absolute atomic E-state index is 0.510. The van der Waals surface area contributed by atoms with Gasteiger partial charge >= 0.3 is 115 Å². The number of ether oxygens (including phenoxy) is 1. The second-order valence-electron chi connectivity index (χ2n) is 4.36. The van der Waals surface area contributed by atoms with Crippen molar-refractivity contribution >= 4 is 22.9 Å². The van der Waals surface area contributed by atoms with Gasteiger partial charge in [0.15, 0.2) is 0 Å². The first-order valence-electron chi connectivity index (χ1n) is 6.78. The second-order valence-corrected chi connectivity index (χ2v) is 5.31. The SMILES string of the molecule is CCCCC(CCCC)OCCCC[O][SnH]. The van der Waals surface area contributed by atoms with Crippen LogP contribution < -0.4 is 0 Å². The molecule has 2 radical (unpaired) electrons. The molecule has 0 spiro atoms. The molecule has 0 N–H and O–H groups in total. The molecule has 0 atom stereocenters. The van der Waals surface area contributed by atoms with E-state index < -0.39 is 0 Å². The maximum atomic E-state index is 5.95. The monoisotopic (exact) mass is 336 g/mol. The van der Waals surface area contributed by atoms with Crippen LogP contribution in [0.2, 0.25) is 0 Å². The molecule has 0 unspecified atom stereocenters. The van der Waals surface area contributed by atoms with Crippen molar-refractivity contribution in [1.82, 2.24) is 0 Å². The number of hydrogen-bond acceptors (Lipinski definition) is 2. The van der Waals surface area contributed by atoms with E-state index in [4.69, 9.17) is 7.81 Å². The molecule has 0 aliphatic heterocycles. The molecular formula is C13H28O2Sn. The second kappa shape index (κ2) is 13.8. The zero-order chi connectivity index (χ0) is 12.1. The Balaban J connectivity index is 3.48. The zero-order valence-corrected chi connectivity index (χ0v) is 14.3. The van der Waals surface area contributed by atoms with Crippen molar-refractivity contribution in [1.29, 1.82) is 0 Å². The van der Waals surface area contributed by atoms with Crippen LogP contribution in [0.5, 0.6) is 0 Å². The predicted molar refractivity (Wildman–Crippen MR) is 71.1 cm³/mol. The normalized spacial score (nSPS) is 11.2. The van der Waals surface area contributed by atoms with E-state index in [1.165, 1.54) is 38.5 Å². The summed E-state index contributed by atoms with van der Waals surface area (Å²) in [6.45, 7) is 6.33. The molecule has 0 aromatic carbocycles. The van der Waals surface area contributed by atoms with Gasteiger partial charge in [0.05, 0.1) is 0 Å². The summed E-state index contributed by atoms with van der Waals surface area (Å²) < 4.78 is 11.1. The summed E-state index contributed by atoms with van der Waals surface area (Å²) in [6.07, 6.45) is 10.5. The van der Waals surface area contributed by atoms with Crippen LogP contribution in [-0.4, -0.2) is 42.3 Å². The molecule has 0 saturated heterocycles. The van der Waals surface area contributed by atoms with E-state index in [-0.39, 0.29) is 0 Å². The van der Waals surface area contributed by atoms with Crippen molar-refractivity contribution in [3.63, 3.8) is 0 Å². The third-order valence-corrected chi connectivity index (χ3v) is 3.44. The van der Waals surface area contributed by atoms with E-state index in [1.807, 2.05) is 0 Å². The van der Waals surface area contributed by atoms with Crippen molar-refractivity contribution in [2.24, 2.45) is 0 Å². The fourth-order valence-electron chi connectivity index (χ4n) is 1.71. The average Bonchev–Trinajstić information content (AvgIpc) is 2.31. The van der Waals surface area contributed by atoms with Crippen LogP contribution in [-0.2, 0) is 7.81 Å². The molecule has 0 heterocycles. The molecule has 3 heteroatoms. The summed E-state index contributed by atoms with van der Waals surface area (Å²) in [7, 11) is 0. The van der Waals surface area contributed by atoms with Crippen LogP contribution in [0.15, 0.2) is 0 Å². The van der Waals surface area contributed by atoms with Crippen molar-refractivity contribution in [2.75, 3.05) is 13.2 Å². The molecule has 0 aliphatic rings. The van der Waals surface area contributed by atoms with Crippen molar-refractivity contribution in [3.8, 4) is 0 Å². The van der Waals surface area contributed by atoms with E-state index in [9.17, 15) is 0 Å². The standard InChI is InChI=1S/C13H27O2.Sn.H/c1-3-5-9-13(10-6-4-2)15-12-8-7-11-14;;/h13H,3-12H2,1-2H3;;/q-1;+1;. The summed E-state index contributed by atoms with van der Waals surface area (Å²) in [4.78, 5) is 0. The van der Waals surface area contributed by atoms with Gasteiger partial charge in [0.2, 0.25) is 0 Å². The summed E-state index contributed by atoms with van der Waals surface area (Å²) in [5.74, 6) is 0. The van der Waals surface area contributed by atoms with Gasteiger partial charge in [-0.2, -0.15) is 0 Å². The maximum absolute atomic E-state index is 5.95. The number of unbranched alkanes of at least 4 members (excludes halogenated alkanes) is 3. The Morgan fingerprint density at radius 3 is 1.94 bits per heavy atom. The fourth-order valence-corrected chi connectivity index (χ4v) is 2.19. The summed E-state index contributed by atoms with van der Waals surface area (Å²) in [6, 6.07) is 0. The van der Waals surface area contributed by atoms with Gasteiger partial charge in [0.1, 0.15) is 0 Å². The first-order chi connectivity index (χ1) is 7.85. The molecule has 0 aromatic rings. The Morgan fingerprint density at radius 2 is 1.44 bits per heavy atom. The summed E-state index contributed by atoms with van der Waals surface area (Å²) in [5.41, 5.74) is 0. The third-order valence-electron chi connectivity index (χ3n) is 2.77. The van der Waals surface area contributed by atoms with Crippen LogP contribution in [0.25, 0.3) is 0 Å². The zero-order valence-electron chi connectivity index (χ0n) is 11.0. The van der Waals surface area contributed by atoms with Gasteiger partial charge in [-0.05, 0) is 0 Å². The van der Waals surface area contributed by atoms with E-state index in [1.54, 1.807) is 0 Å². The molecule has 0 fully saturated rings. The van der Waals surface area contributed by atoms with Crippen LogP contribution in [0, 0.1) is 0 Å². The van der Waals surface area contributed by atoms with Gasteiger partial charge in [0.25, 0.3) is 0 Å². The quantitative estimate of drug-likeness (QED) is 0.402. The van der Waals surface area contributed by atoms with Crippen molar-refractivity contribution in [3.05, 3.63) is 0 Å². The van der Waals surface area contributed by atoms with E-state index in [2.05, 4.69) is 13.8 Å². The molecule has 0 amide bonds. The molecule has 96 valence electrons. The Morgan fingerprint density at radius 1 is 0.875 bits per heavy atom. The molecule has 0 rings (SSSR count). The fraction of sp³-hybridized carbons (Fsp3) is 1.00. The topological polar surface area (TPSA) is 18.5 Å². The van der Waals surface area contributed by atoms with E-state index in [0.717, 1.165) is 49.0 Å². The third kappa shape index (κ3) is 11.2. The molecule has 0 aromatic heterocycles. The number of rotatable bonds is 12. The molecule has 0 saturated carbocycles. The Hall–Kier alpha value is 0.719. The molecule has 0 aliphatic carbocycles. The number of hydrogen-bond donors (Lipinski definition) is 0. The van der Waals surface area contributed by atoms with Gasteiger partial charge in [-0.15, -0.1) is 0 Å².